The van der Waals surface area contributed by atoms with Gasteiger partial charge in [-0.2, -0.15) is 4.98 Å². The number of nitrogens with zero attached hydrogens (tertiary/aromatic N) is 2. The SMILES string of the molecule is CC(C)Oc1ccc([N+](=O)[O-])c(N)n1. The van der Waals surface area contributed by atoms with Gasteiger partial charge in [-0.15, -0.1) is 0 Å². The van der Waals surface area contributed by atoms with E-state index in [2.05, 4.69) is 4.98 Å². The standard InChI is InChI=1S/C8H11N3O3/c1-5(2)14-7-4-3-6(11(12)13)8(9)10-7/h3-5H,1-2H3,(H2,9,10). The van der Waals surface area contributed by atoms with E-state index in [-0.39, 0.29) is 17.6 Å². The molecule has 1 aromatic heterocycles. The molecule has 0 unspecified atom stereocenters. The smallest absolute Gasteiger partial charge is 0.311 e. The number of nitrogen functional groups attached to an aromatic ring is 1. The van der Waals surface area contributed by atoms with E-state index < -0.39 is 4.92 Å². The van der Waals surface area contributed by atoms with Crippen molar-refractivity contribution >= 4 is 11.5 Å². The van der Waals surface area contributed by atoms with Crippen LogP contribution in [0.3, 0.4) is 0 Å². The van der Waals surface area contributed by atoms with Crippen molar-refractivity contribution in [2.75, 3.05) is 5.73 Å². The Morgan fingerprint density at radius 1 is 1.57 bits per heavy atom. The molecule has 76 valence electrons. The minimum atomic E-state index is -0.582. The second-order valence-electron chi connectivity index (χ2n) is 2.98. The predicted molar refractivity (Wildman–Crippen MR) is 51.1 cm³/mol. The number of hydrogen-bond donors (Lipinski definition) is 1. The Morgan fingerprint density at radius 3 is 2.64 bits per heavy atom. The van der Waals surface area contributed by atoms with E-state index >= 15 is 0 Å². The molecule has 0 saturated heterocycles. The first-order valence-corrected chi connectivity index (χ1v) is 4.08. The van der Waals surface area contributed by atoms with E-state index in [1.165, 1.54) is 12.1 Å². The van der Waals surface area contributed by atoms with Gasteiger partial charge in [-0.25, -0.2) is 0 Å². The first-order valence-electron chi connectivity index (χ1n) is 4.08. The number of anilines is 1. The maximum absolute atomic E-state index is 10.4. The fraction of sp³-hybridized carbons (Fsp3) is 0.375. The second kappa shape index (κ2) is 3.91. The zero-order valence-corrected chi connectivity index (χ0v) is 7.93. The molecule has 6 nitrogen and oxygen atoms in total. The molecular formula is C8H11N3O3. The van der Waals surface area contributed by atoms with Gasteiger partial charge in [0.05, 0.1) is 11.0 Å². The number of rotatable bonds is 3. The third kappa shape index (κ3) is 2.32. The third-order valence-electron chi connectivity index (χ3n) is 1.43. The summed E-state index contributed by atoms with van der Waals surface area (Å²) in [7, 11) is 0. The van der Waals surface area contributed by atoms with Crippen LogP contribution in [0.2, 0.25) is 0 Å². The fourth-order valence-electron chi connectivity index (χ4n) is 0.910. The highest BCUT2D eigenvalue weighted by atomic mass is 16.6. The lowest BCUT2D eigenvalue weighted by molar-refractivity contribution is -0.384. The molecule has 0 radical (unpaired) electrons. The van der Waals surface area contributed by atoms with Gasteiger partial charge >= 0.3 is 5.69 Å². The highest BCUT2D eigenvalue weighted by Gasteiger charge is 2.13. The van der Waals surface area contributed by atoms with E-state index in [9.17, 15) is 10.1 Å². The number of nitrogens with two attached hydrogens (primary N) is 1. The molecule has 1 heterocycles. The number of aromatic nitrogens is 1. The summed E-state index contributed by atoms with van der Waals surface area (Å²) >= 11 is 0. The largest absolute Gasteiger partial charge is 0.475 e. The monoisotopic (exact) mass is 197 g/mol. The Kier molecular flexibility index (Phi) is 2.85. The molecule has 2 N–H and O–H groups in total. The number of ether oxygens (including phenoxy) is 1. The Balaban J connectivity index is 2.94. The topological polar surface area (TPSA) is 91.3 Å². The van der Waals surface area contributed by atoms with Crippen LogP contribution in [0, 0.1) is 10.1 Å². The van der Waals surface area contributed by atoms with Crippen molar-refractivity contribution < 1.29 is 9.66 Å². The minimum Gasteiger partial charge on any atom is -0.475 e. The van der Waals surface area contributed by atoms with Gasteiger partial charge in [0.1, 0.15) is 0 Å². The van der Waals surface area contributed by atoms with E-state index in [1.54, 1.807) is 0 Å². The van der Waals surface area contributed by atoms with Crippen LogP contribution in [0.1, 0.15) is 13.8 Å². The summed E-state index contributed by atoms with van der Waals surface area (Å²) in [4.78, 5) is 13.6. The molecule has 0 aliphatic carbocycles. The van der Waals surface area contributed by atoms with Crippen LogP contribution < -0.4 is 10.5 Å². The summed E-state index contributed by atoms with van der Waals surface area (Å²) in [5.74, 6) is 0.163. The van der Waals surface area contributed by atoms with Crippen molar-refractivity contribution in [2.45, 2.75) is 20.0 Å². The Hall–Kier alpha value is -1.85. The van der Waals surface area contributed by atoms with E-state index in [4.69, 9.17) is 10.5 Å². The van der Waals surface area contributed by atoms with Crippen molar-refractivity contribution in [3.05, 3.63) is 22.2 Å². The summed E-state index contributed by atoms with van der Waals surface area (Å²) < 4.78 is 5.22. The molecule has 0 aromatic carbocycles. The molecular weight excluding hydrogens is 186 g/mol. The zero-order valence-electron chi connectivity index (χ0n) is 7.93. The average molecular weight is 197 g/mol. The van der Waals surface area contributed by atoms with Gasteiger partial charge in [0.15, 0.2) is 0 Å². The van der Waals surface area contributed by atoms with Crippen molar-refractivity contribution in [1.29, 1.82) is 0 Å². The van der Waals surface area contributed by atoms with Crippen LogP contribution in [0.4, 0.5) is 11.5 Å². The minimum absolute atomic E-state index is 0.0386. The lowest BCUT2D eigenvalue weighted by Gasteiger charge is -2.08. The maximum Gasteiger partial charge on any atom is 0.311 e. The molecule has 0 amide bonds. The van der Waals surface area contributed by atoms with Crippen LogP contribution in [0.15, 0.2) is 12.1 Å². The van der Waals surface area contributed by atoms with Crippen LogP contribution in [0.5, 0.6) is 5.88 Å². The van der Waals surface area contributed by atoms with Gasteiger partial charge < -0.3 is 10.5 Å². The molecule has 0 saturated carbocycles. The normalized spacial score (nSPS) is 10.2. The second-order valence-corrected chi connectivity index (χ2v) is 2.98. The van der Waals surface area contributed by atoms with Gasteiger partial charge in [0.2, 0.25) is 11.7 Å². The molecule has 0 aliphatic rings. The van der Waals surface area contributed by atoms with E-state index in [1.807, 2.05) is 13.8 Å². The maximum atomic E-state index is 10.4. The quantitative estimate of drug-likeness (QED) is 0.583. The predicted octanol–water partition coefficient (Wildman–Crippen LogP) is 1.36. The summed E-state index contributed by atoms with van der Waals surface area (Å²) in [6, 6.07) is 2.70. The van der Waals surface area contributed by atoms with Crippen LogP contribution in [-0.2, 0) is 0 Å². The molecule has 6 heteroatoms. The first kappa shape index (κ1) is 10.2. The Bertz CT molecular complexity index is 352. The molecule has 0 aliphatic heterocycles. The molecule has 0 atom stereocenters. The van der Waals surface area contributed by atoms with Crippen LogP contribution in [0.25, 0.3) is 0 Å². The van der Waals surface area contributed by atoms with Crippen LogP contribution in [-0.4, -0.2) is 16.0 Å². The first-order chi connectivity index (χ1) is 6.50. The number of pyridine rings is 1. The highest BCUT2D eigenvalue weighted by Crippen LogP contribution is 2.22. The van der Waals surface area contributed by atoms with Gasteiger partial charge in [-0.05, 0) is 13.8 Å². The lowest BCUT2D eigenvalue weighted by Crippen LogP contribution is -2.08. The molecule has 0 fully saturated rings. The van der Waals surface area contributed by atoms with Gasteiger partial charge in [-0.3, -0.25) is 10.1 Å². The summed E-state index contributed by atoms with van der Waals surface area (Å²) in [6.07, 6.45) is -0.0386. The molecule has 1 rings (SSSR count). The van der Waals surface area contributed by atoms with Crippen LogP contribution >= 0.6 is 0 Å². The summed E-state index contributed by atoms with van der Waals surface area (Å²) in [5, 5.41) is 10.4. The number of nitro groups is 1. The Labute approximate surface area is 80.9 Å². The molecule has 1 aromatic rings. The average Bonchev–Trinajstić information content (AvgIpc) is 2.01. The van der Waals surface area contributed by atoms with Crippen molar-refractivity contribution in [3.8, 4) is 5.88 Å². The van der Waals surface area contributed by atoms with Crippen molar-refractivity contribution in [2.24, 2.45) is 0 Å². The summed E-state index contributed by atoms with van der Waals surface area (Å²) in [6.45, 7) is 3.67. The van der Waals surface area contributed by atoms with E-state index in [0.717, 1.165) is 0 Å². The van der Waals surface area contributed by atoms with Gasteiger partial charge in [0, 0.05) is 12.1 Å². The Morgan fingerprint density at radius 2 is 2.21 bits per heavy atom. The number of hydrogen-bond acceptors (Lipinski definition) is 5. The van der Waals surface area contributed by atoms with E-state index in [0.29, 0.717) is 5.88 Å². The summed E-state index contributed by atoms with van der Waals surface area (Å²) in [5.41, 5.74) is 5.16. The van der Waals surface area contributed by atoms with Crippen molar-refractivity contribution in [3.63, 3.8) is 0 Å². The highest BCUT2D eigenvalue weighted by molar-refractivity contribution is 5.53. The van der Waals surface area contributed by atoms with Gasteiger partial charge in [0.25, 0.3) is 0 Å². The third-order valence-corrected chi connectivity index (χ3v) is 1.43. The van der Waals surface area contributed by atoms with Crippen molar-refractivity contribution in [1.82, 2.24) is 4.98 Å². The fourth-order valence-corrected chi connectivity index (χ4v) is 0.910. The zero-order chi connectivity index (χ0) is 10.7. The molecule has 14 heavy (non-hydrogen) atoms. The molecule has 0 spiro atoms. The molecule has 0 bridgehead atoms. The lowest BCUT2D eigenvalue weighted by atomic mass is 10.4. The van der Waals surface area contributed by atoms with Gasteiger partial charge in [-0.1, -0.05) is 0 Å².